The maximum absolute atomic E-state index is 12.9. The number of nitrogens with zero attached hydrogens (tertiary/aromatic N) is 1. The molecular weight excluding hydrogens is 1010 g/mol. The van der Waals surface area contributed by atoms with Crippen molar-refractivity contribution in [3.8, 4) is 0 Å². The van der Waals surface area contributed by atoms with E-state index in [4.69, 9.17) is 18.9 Å². The van der Waals surface area contributed by atoms with E-state index in [1.54, 1.807) is 0 Å². The second kappa shape index (κ2) is 63.0. The molecule has 0 amide bonds. The lowest BCUT2D eigenvalue weighted by Crippen LogP contribution is -2.44. The Labute approximate surface area is 501 Å². The first-order valence-electron chi connectivity index (χ1n) is 34.4. The molecule has 472 valence electrons. The van der Waals surface area contributed by atoms with E-state index in [0.717, 1.165) is 64.2 Å². The Kier molecular flexibility index (Phi) is 60.7. The first kappa shape index (κ1) is 78.0. The van der Waals surface area contributed by atoms with Crippen molar-refractivity contribution in [2.45, 2.75) is 334 Å². The lowest BCUT2D eigenvalue weighted by molar-refractivity contribution is -0.870. The van der Waals surface area contributed by atoms with E-state index in [0.29, 0.717) is 23.9 Å². The van der Waals surface area contributed by atoms with E-state index < -0.39 is 24.3 Å². The Balaban J connectivity index is 4.08. The predicted molar refractivity (Wildman–Crippen MR) is 343 cm³/mol. The summed E-state index contributed by atoms with van der Waals surface area (Å²) in [5.41, 5.74) is 0. The van der Waals surface area contributed by atoms with Crippen molar-refractivity contribution in [2.24, 2.45) is 0 Å². The van der Waals surface area contributed by atoms with E-state index in [2.05, 4.69) is 74.6 Å². The number of ether oxygens (including phenoxy) is 4. The number of allylic oxidation sites excluding steroid dienone is 10. The monoisotopic (exact) mass is 1140 g/mol. The van der Waals surface area contributed by atoms with Gasteiger partial charge in [0.15, 0.2) is 12.4 Å². The number of rotatable bonds is 64. The first-order valence-corrected chi connectivity index (χ1v) is 34.4. The predicted octanol–water partition coefficient (Wildman–Crippen LogP) is 19.8. The summed E-state index contributed by atoms with van der Waals surface area (Å²) in [6, 6.07) is 0. The number of quaternary nitrogens is 1. The number of carboxylic acids is 1. The Bertz CT molecular complexity index is 1510. The smallest absolute Gasteiger partial charge is 0.306 e. The van der Waals surface area contributed by atoms with Crippen molar-refractivity contribution in [3.63, 3.8) is 0 Å². The molecule has 0 aromatic heterocycles. The molecule has 0 radical (unpaired) electrons. The zero-order valence-corrected chi connectivity index (χ0v) is 53.9. The number of likely N-dealkylation sites (N-methyl/N-ethyl adjacent to an activating group) is 1. The van der Waals surface area contributed by atoms with Gasteiger partial charge in [-0.05, 0) is 57.8 Å². The standard InChI is InChI=1S/C72H131NO8/c1-6-8-10-12-14-16-18-20-22-24-26-28-30-31-32-33-34-35-36-37-38-39-41-43-45-47-49-51-53-55-57-59-61-63-70(75)81-68(67-80-72(71(76)77)78-65-64-73(3,4)5)66-79-69(74)62-60-58-56-54-52-50-48-46-44-42-40-29-27-25-23-21-19-17-15-13-11-9-7-2/h8,10,14,16,20,22,26,28,31-32,68,72H,6-7,9,11-13,15,17-19,21,23-25,27,29-30,33-67H2,1-5H3/b10-8-,16-14-,22-20-,28-26-,32-31-. The Morgan fingerprint density at radius 3 is 1.05 bits per heavy atom. The highest BCUT2D eigenvalue weighted by Gasteiger charge is 2.22. The zero-order valence-electron chi connectivity index (χ0n) is 53.9. The van der Waals surface area contributed by atoms with Crippen LogP contribution in [0.1, 0.15) is 322 Å². The van der Waals surface area contributed by atoms with Crippen LogP contribution in [0.15, 0.2) is 60.8 Å². The van der Waals surface area contributed by atoms with Crippen molar-refractivity contribution >= 4 is 17.9 Å². The lowest BCUT2D eigenvalue weighted by Gasteiger charge is -2.26. The molecule has 0 spiro atoms. The van der Waals surface area contributed by atoms with Gasteiger partial charge in [-0.3, -0.25) is 9.59 Å². The van der Waals surface area contributed by atoms with Gasteiger partial charge in [-0.25, -0.2) is 0 Å². The molecular formula is C72H131NO8. The highest BCUT2D eigenvalue weighted by Crippen LogP contribution is 2.18. The maximum atomic E-state index is 12.9. The summed E-state index contributed by atoms with van der Waals surface area (Å²) in [6.45, 7) is 4.69. The quantitative estimate of drug-likeness (QED) is 0.0195. The molecule has 0 rings (SSSR count). The summed E-state index contributed by atoms with van der Waals surface area (Å²) in [5.74, 6) is -2.26. The molecule has 9 nitrogen and oxygen atoms in total. The van der Waals surface area contributed by atoms with Crippen LogP contribution in [-0.2, 0) is 33.3 Å². The summed E-state index contributed by atoms with van der Waals surface area (Å²) in [5, 5.41) is 11.8. The lowest BCUT2D eigenvalue weighted by atomic mass is 10.0. The number of carbonyl (C=O) groups is 3. The summed E-state index contributed by atoms with van der Waals surface area (Å²) in [6.07, 6.45) is 78.7. The van der Waals surface area contributed by atoms with Gasteiger partial charge in [0.05, 0.1) is 40.3 Å². The highest BCUT2D eigenvalue weighted by molar-refractivity contribution is 5.70. The molecule has 2 unspecified atom stereocenters. The second-order valence-electron chi connectivity index (χ2n) is 24.4. The number of carbonyl (C=O) groups excluding carboxylic acids is 3. The molecule has 0 aromatic carbocycles. The topological polar surface area (TPSA) is 111 Å². The zero-order chi connectivity index (χ0) is 59.1. The minimum Gasteiger partial charge on any atom is -0.545 e. The fourth-order valence-corrected chi connectivity index (χ4v) is 10.0. The van der Waals surface area contributed by atoms with Gasteiger partial charge < -0.3 is 33.3 Å². The molecule has 9 heteroatoms. The minimum absolute atomic E-state index is 0.149. The van der Waals surface area contributed by atoms with Crippen molar-refractivity contribution in [1.82, 2.24) is 0 Å². The van der Waals surface area contributed by atoms with Crippen LogP contribution >= 0.6 is 0 Å². The fraction of sp³-hybridized carbons (Fsp3) is 0.819. The van der Waals surface area contributed by atoms with Crippen molar-refractivity contribution in [3.05, 3.63) is 60.8 Å². The number of carboxylic acid groups (broad SMARTS) is 1. The second-order valence-corrected chi connectivity index (χ2v) is 24.4. The van der Waals surface area contributed by atoms with Crippen LogP contribution in [0.25, 0.3) is 0 Å². The van der Waals surface area contributed by atoms with E-state index in [1.165, 1.54) is 225 Å². The Hall–Kier alpha value is -3.01. The third-order valence-corrected chi connectivity index (χ3v) is 15.3. The normalized spacial score (nSPS) is 13.0. The molecule has 0 saturated heterocycles. The molecule has 0 heterocycles. The van der Waals surface area contributed by atoms with Crippen molar-refractivity contribution in [1.29, 1.82) is 0 Å². The highest BCUT2D eigenvalue weighted by atomic mass is 16.7. The fourth-order valence-electron chi connectivity index (χ4n) is 10.0. The van der Waals surface area contributed by atoms with Gasteiger partial charge >= 0.3 is 11.9 Å². The molecule has 0 aliphatic carbocycles. The Morgan fingerprint density at radius 2 is 0.704 bits per heavy atom. The number of hydrogen-bond acceptors (Lipinski definition) is 8. The molecule has 0 aliphatic rings. The molecule has 0 saturated carbocycles. The Morgan fingerprint density at radius 1 is 0.383 bits per heavy atom. The van der Waals surface area contributed by atoms with E-state index in [9.17, 15) is 19.5 Å². The van der Waals surface area contributed by atoms with E-state index in [-0.39, 0.29) is 32.2 Å². The molecule has 0 N–H and O–H groups in total. The summed E-state index contributed by atoms with van der Waals surface area (Å²) >= 11 is 0. The van der Waals surface area contributed by atoms with Crippen LogP contribution in [0.4, 0.5) is 0 Å². The van der Waals surface area contributed by atoms with E-state index >= 15 is 0 Å². The van der Waals surface area contributed by atoms with Crippen molar-refractivity contribution < 1.29 is 42.9 Å². The number of unbranched alkanes of at least 4 members (excludes halogenated alkanes) is 39. The van der Waals surface area contributed by atoms with Crippen LogP contribution in [0, 0.1) is 0 Å². The van der Waals surface area contributed by atoms with Gasteiger partial charge in [-0.15, -0.1) is 0 Å². The van der Waals surface area contributed by atoms with E-state index in [1.807, 2.05) is 21.1 Å². The maximum Gasteiger partial charge on any atom is 0.306 e. The van der Waals surface area contributed by atoms with Gasteiger partial charge in [0.25, 0.3) is 0 Å². The molecule has 0 fully saturated rings. The third-order valence-electron chi connectivity index (χ3n) is 15.3. The van der Waals surface area contributed by atoms with Crippen LogP contribution in [0.2, 0.25) is 0 Å². The average Bonchev–Trinajstić information content (AvgIpc) is 3.44. The number of aliphatic carboxylic acids is 1. The molecule has 0 bridgehead atoms. The average molecular weight is 1140 g/mol. The third kappa shape index (κ3) is 64.4. The van der Waals surface area contributed by atoms with Gasteiger partial charge in [0.1, 0.15) is 13.2 Å². The van der Waals surface area contributed by atoms with Crippen LogP contribution in [0.5, 0.6) is 0 Å². The van der Waals surface area contributed by atoms with Crippen LogP contribution < -0.4 is 5.11 Å². The molecule has 2 atom stereocenters. The first-order chi connectivity index (χ1) is 39.6. The molecule has 0 aromatic rings. The SMILES string of the molecule is CC/C=C\C/C=C\C/C=C\C/C=C\C/C=C\CCCCCCCCCCCCCCCCCCCC(=O)OC(COC(=O)CCCCCCCCCCCCCCCCCCCCCCCCC)COC(OCC[N+](C)(C)C)C(=O)[O-]. The summed E-state index contributed by atoms with van der Waals surface area (Å²) in [4.78, 5) is 37.5. The van der Waals surface area contributed by atoms with Crippen molar-refractivity contribution in [2.75, 3.05) is 47.5 Å². The van der Waals surface area contributed by atoms with Gasteiger partial charge in [0, 0.05) is 12.8 Å². The summed E-state index contributed by atoms with van der Waals surface area (Å²) < 4.78 is 22.8. The van der Waals surface area contributed by atoms with Crippen LogP contribution in [0.3, 0.4) is 0 Å². The van der Waals surface area contributed by atoms with Gasteiger partial charge in [-0.2, -0.15) is 0 Å². The molecule has 0 aliphatic heterocycles. The largest absolute Gasteiger partial charge is 0.545 e. The number of esters is 2. The minimum atomic E-state index is -1.62. The van der Waals surface area contributed by atoms with Crippen LogP contribution in [-0.4, -0.2) is 82.3 Å². The summed E-state index contributed by atoms with van der Waals surface area (Å²) in [7, 11) is 5.94. The number of hydrogen-bond donors (Lipinski definition) is 0. The molecule has 81 heavy (non-hydrogen) atoms. The van der Waals surface area contributed by atoms with Gasteiger partial charge in [0.2, 0.25) is 0 Å². The van der Waals surface area contributed by atoms with Gasteiger partial charge in [-0.1, -0.05) is 312 Å².